The summed E-state index contributed by atoms with van der Waals surface area (Å²) in [5, 5.41) is 10.7. The van der Waals surface area contributed by atoms with Crippen molar-refractivity contribution in [2.75, 3.05) is 32.7 Å². The van der Waals surface area contributed by atoms with E-state index in [2.05, 4.69) is 14.8 Å². The maximum atomic E-state index is 10.7. The third-order valence-corrected chi connectivity index (χ3v) is 4.76. The first-order valence-corrected chi connectivity index (χ1v) is 8.62. The Balaban J connectivity index is 1.42. The number of aryl methyl sites for hydroxylation is 2. The highest BCUT2D eigenvalue weighted by Gasteiger charge is 2.19. The van der Waals surface area contributed by atoms with Crippen molar-refractivity contribution in [2.45, 2.75) is 26.8 Å². The van der Waals surface area contributed by atoms with Gasteiger partial charge in [-0.05, 0) is 25.8 Å². The Morgan fingerprint density at radius 2 is 1.76 bits per heavy atom. The van der Waals surface area contributed by atoms with E-state index in [4.69, 9.17) is 4.42 Å². The zero-order valence-corrected chi connectivity index (χ0v) is 14.8. The van der Waals surface area contributed by atoms with E-state index in [1.807, 2.05) is 26.0 Å². The summed E-state index contributed by atoms with van der Waals surface area (Å²) < 4.78 is 5.66. The lowest BCUT2D eigenvalue weighted by molar-refractivity contribution is -0.384. The van der Waals surface area contributed by atoms with Gasteiger partial charge in [-0.25, -0.2) is 4.98 Å². The first kappa shape index (κ1) is 17.6. The lowest BCUT2D eigenvalue weighted by Gasteiger charge is -2.34. The van der Waals surface area contributed by atoms with Gasteiger partial charge in [0, 0.05) is 44.9 Å². The highest BCUT2D eigenvalue weighted by Crippen LogP contribution is 2.14. The number of aromatic nitrogens is 1. The van der Waals surface area contributed by atoms with Crippen molar-refractivity contribution >= 4 is 5.69 Å². The Morgan fingerprint density at radius 1 is 1.12 bits per heavy atom. The Bertz CT molecular complexity index is 699. The molecule has 0 radical (unpaired) electrons. The monoisotopic (exact) mass is 344 g/mol. The average molecular weight is 344 g/mol. The van der Waals surface area contributed by atoms with Crippen LogP contribution in [0.25, 0.3) is 0 Å². The van der Waals surface area contributed by atoms with E-state index in [0.717, 1.165) is 68.6 Å². The number of hydrogen-bond acceptors (Lipinski definition) is 6. The molecule has 134 valence electrons. The number of oxazole rings is 1. The summed E-state index contributed by atoms with van der Waals surface area (Å²) in [4.78, 5) is 19.6. The molecular formula is C18H24N4O3. The summed E-state index contributed by atoms with van der Waals surface area (Å²) in [7, 11) is 0. The summed E-state index contributed by atoms with van der Waals surface area (Å²) in [6.45, 7) is 9.70. The van der Waals surface area contributed by atoms with Crippen molar-refractivity contribution in [3.8, 4) is 0 Å². The molecule has 1 aromatic carbocycles. The second kappa shape index (κ2) is 7.76. The number of nitro benzene ring substituents is 1. The molecule has 2 heterocycles. The van der Waals surface area contributed by atoms with Gasteiger partial charge in [0.25, 0.3) is 5.69 Å². The molecule has 0 bridgehead atoms. The van der Waals surface area contributed by atoms with Crippen LogP contribution in [0.5, 0.6) is 0 Å². The quantitative estimate of drug-likeness (QED) is 0.592. The van der Waals surface area contributed by atoms with Crippen LogP contribution in [0.4, 0.5) is 5.69 Å². The van der Waals surface area contributed by atoms with Crippen LogP contribution in [-0.2, 0) is 13.0 Å². The zero-order valence-electron chi connectivity index (χ0n) is 14.8. The van der Waals surface area contributed by atoms with E-state index < -0.39 is 0 Å². The number of piperazine rings is 1. The zero-order chi connectivity index (χ0) is 17.8. The van der Waals surface area contributed by atoms with Crippen LogP contribution >= 0.6 is 0 Å². The van der Waals surface area contributed by atoms with Crippen molar-refractivity contribution in [3.63, 3.8) is 0 Å². The lowest BCUT2D eigenvalue weighted by atomic mass is 10.1. The van der Waals surface area contributed by atoms with Gasteiger partial charge in [-0.1, -0.05) is 12.1 Å². The number of benzene rings is 1. The molecule has 7 heteroatoms. The Hall–Kier alpha value is -2.25. The molecule has 2 aromatic rings. The molecule has 0 N–H and O–H groups in total. The normalized spacial score (nSPS) is 16.2. The molecule has 0 spiro atoms. The number of non-ortho nitro benzene ring substituents is 1. The Morgan fingerprint density at radius 3 is 2.32 bits per heavy atom. The summed E-state index contributed by atoms with van der Waals surface area (Å²) in [6, 6.07) is 6.85. The predicted octanol–water partition coefficient (Wildman–Crippen LogP) is 2.56. The molecule has 0 atom stereocenters. The van der Waals surface area contributed by atoms with Gasteiger partial charge in [-0.3, -0.25) is 15.0 Å². The van der Waals surface area contributed by atoms with Gasteiger partial charge in [0.15, 0.2) is 0 Å². The molecule has 1 saturated heterocycles. The molecule has 0 amide bonds. The van der Waals surface area contributed by atoms with Gasteiger partial charge in [0.2, 0.25) is 5.89 Å². The minimum Gasteiger partial charge on any atom is -0.444 e. The van der Waals surface area contributed by atoms with Crippen molar-refractivity contribution in [1.29, 1.82) is 0 Å². The smallest absolute Gasteiger partial charge is 0.269 e. The van der Waals surface area contributed by atoms with E-state index in [-0.39, 0.29) is 10.6 Å². The van der Waals surface area contributed by atoms with Gasteiger partial charge >= 0.3 is 0 Å². The fourth-order valence-electron chi connectivity index (χ4n) is 3.04. The molecule has 0 saturated carbocycles. The van der Waals surface area contributed by atoms with E-state index in [0.29, 0.717) is 0 Å². The summed E-state index contributed by atoms with van der Waals surface area (Å²) in [5.41, 5.74) is 2.25. The van der Waals surface area contributed by atoms with Crippen LogP contribution in [0, 0.1) is 24.0 Å². The van der Waals surface area contributed by atoms with Crippen LogP contribution in [0.1, 0.15) is 22.9 Å². The van der Waals surface area contributed by atoms with Crippen molar-refractivity contribution < 1.29 is 9.34 Å². The van der Waals surface area contributed by atoms with E-state index in [1.54, 1.807) is 12.1 Å². The van der Waals surface area contributed by atoms with Crippen molar-refractivity contribution in [1.82, 2.24) is 14.8 Å². The molecular weight excluding hydrogens is 320 g/mol. The molecule has 1 aliphatic heterocycles. The molecule has 1 aliphatic rings. The largest absolute Gasteiger partial charge is 0.444 e. The van der Waals surface area contributed by atoms with Gasteiger partial charge in [0.05, 0.1) is 17.2 Å². The maximum Gasteiger partial charge on any atom is 0.269 e. The second-order valence-electron chi connectivity index (χ2n) is 6.54. The van der Waals surface area contributed by atoms with Crippen LogP contribution < -0.4 is 0 Å². The van der Waals surface area contributed by atoms with Crippen LogP contribution in [0.3, 0.4) is 0 Å². The second-order valence-corrected chi connectivity index (χ2v) is 6.54. The number of nitro groups is 1. The van der Waals surface area contributed by atoms with Gasteiger partial charge in [0.1, 0.15) is 5.76 Å². The van der Waals surface area contributed by atoms with Crippen LogP contribution in [0.2, 0.25) is 0 Å². The molecule has 1 fully saturated rings. The first-order valence-electron chi connectivity index (χ1n) is 8.62. The Labute approximate surface area is 147 Å². The summed E-state index contributed by atoms with van der Waals surface area (Å²) in [6.07, 6.45) is 0.913. The molecule has 7 nitrogen and oxygen atoms in total. The Kier molecular flexibility index (Phi) is 5.45. The highest BCUT2D eigenvalue weighted by atomic mass is 16.6. The van der Waals surface area contributed by atoms with Crippen molar-refractivity contribution in [2.24, 2.45) is 0 Å². The maximum absolute atomic E-state index is 10.7. The van der Waals surface area contributed by atoms with E-state index in [1.165, 1.54) is 0 Å². The lowest BCUT2D eigenvalue weighted by Crippen LogP contribution is -2.46. The summed E-state index contributed by atoms with van der Waals surface area (Å²) >= 11 is 0. The minimum atomic E-state index is -0.361. The third-order valence-electron chi connectivity index (χ3n) is 4.76. The average Bonchev–Trinajstić information content (AvgIpc) is 2.92. The highest BCUT2D eigenvalue weighted by molar-refractivity contribution is 5.32. The number of rotatable bonds is 6. The fraction of sp³-hybridized carbons (Fsp3) is 0.500. The SMILES string of the molecule is Cc1nc(CN2CCN(CCc3ccc([N+](=O)[O-])cc3)CC2)oc1C. The van der Waals surface area contributed by atoms with Crippen LogP contribution in [-0.4, -0.2) is 52.4 Å². The molecule has 25 heavy (non-hydrogen) atoms. The van der Waals surface area contributed by atoms with E-state index in [9.17, 15) is 10.1 Å². The van der Waals surface area contributed by atoms with Gasteiger partial charge < -0.3 is 9.32 Å². The number of nitrogens with zero attached hydrogens (tertiary/aromatic N) is 4. The van der Waals surface area contributed by atoms with Gasteiger partial charge in [-0.2, -0.15) is 0 Å². The summed E-state index contributed by atoms with van der Waals surface area (Å²) in [5.74, 6) is 1.70. The van der Waals surface area contributed by atoms with Crippen molar-refractivity contribution in [3.05, 3.63) is 57.3 Å². The number of hydrogen-bond donors (Lipinski definition) is 0. The molecule has 3 rings (SSSR count). The fourth-order valence-corrected chi connectivity index (χ4v) is 3.04. The molecule has 0 unspecified atom stereocenters. The topological polar surface area (TPSA) is 75.7 Å². The molecule has 1 aromatic heterocycles. The predicted molar refractivity (Wildman–Crippen MR) is 94.5 cm³/mol. The molecule has 0 aliphatic carbocycles. The standard InChI is InChI=1S/C18H24N4O3/c1-14-15(2)25-18(19-14)13-21-11-9-20(10-12-21)8-7-16-3-5-17(6-4-16)22(23)24/h3-6H,7-13H2,1-2H3. The first-order chi connectivity index (χ1) is 12.0. The third kappa shape index (κ3) is 4.64. The van der Waals surface area contributed by atoms with Crippen LogP contribution in [0.15, 0.2) is 28.7 Å². The minimum absolute atomic E-state index is 0.148. The van der Waals surface area contributed by atoms with Gasteiger partial charge in [-0.15, -0.1) is 0 Å². The van der Waals surface area contributed by atoms with E-state index >= 15 is 0 Å².